The maximum atomic E-state index is 13.8. The minimum absolute atomic E-state index is 0.0243. The van der Waals surface area contributed by atoms with Crippen LogP contribution in [-0.4, -0.2) is 22.4 Å². The van der Waals surface area contributed by atoms with Gasteiger partial charge in [-0.3, -0.25) is 4.79 Å². The quantitative estimate of drug-likeness (QED) is 0.690. The molecule has 1 amide bonds. The van der Waals surface area contributed by atoms with Gasteiger partial charge in [0.1, 0.15) is 34.7 Å². The van der Waals surface area contributed by atoms with Crippen molar-refractivity contribution in [3.8, 4) is 0 Å². The molecule has 28 heavy (non-hydrogen) atoms. The van der Waals surface area contributed by atoms with E-state index in [0.29, 0.717) is 18.2 Å². The molecule has 0 aliphatic rings. The molecule has 144 valence electrons. The van der Waals surface area contributed by atoms with Crippen molar-refractivity contribution >= 4 is 23.1 Å². The van der Waals surface area contributed by atoms with E-state index in [1.54, 1.807) is 6.92 Å². The fourth-order valence-corrected chi connectivity index (χ4v) is 2.87. The van der Waals surface area contributed by atoms with Gasteiger partial charge >= 0.3 is 0 Å². The number of halogens is 2. The molecule has 0 saturated carbocycles. The lowest BCUT2D eigenvalue weighted by molar-refractivity contribution is 0.102. The van der Waals surface area contributed by atoms with Gasteiger partial charge in [-0.2, -0.15) is 0 Å². The Hall–Kier alpha value is -3.35. The zero-order valence-electron chi connectivity index (χ0n) is 15.8. The number of aromatic nitrogens is 2. The number of benzene rings is 2. The molecule has 0 fully saturated rings. The van der Waals surface area contributed by atoms with Crippen molar-refractivity contribution in [2.45, 2.75) is 20.8 Å². The Labute approximate surface area is 162 Å². The van der Waals surface area contributed by atoms with E-state index in [0.717, 1.165) is 23.4 Å². The summed E-state index contributed by atoms with van der Waals surface area (Å²) >= 11 is 0. The Kier molecular flexibility index (Phi) is 5.63. The van der Waals surface area contributed by atoms with Crippen LogP contribution in [0.25, 0.3) is 0 Å². The van der Waals surface area contributed by atoms with Crippen molar-refractivity contribution in [3.63, 3.8) is 0 Å². The van der Waals surface area contributed by atoms with Gasteiger partial charge in [-0.25, -0.2) is 18.7 Å². The molecule has 0 bridgehead atoms. The molecule has 0 aliphatic heterocycles. The molecule has 1 heterocycles. The third-order valence-electron chi connectivity index (χ3n) is 4.16. The first-order valence-corrected chi connectivity index (χ1v) is 8.84. The zero-order valence-corrected chi connectivity index (χ0v) is 15.8. The number of carbonyl (C=O) groups is 1. The normalized spacial score (nSPS) is 10.6. The summed E-state index contributed by atoms with van der Waals surface area (Å²) in [4.78, 5) is 23.0. The number of anilines is 3. The SMILES string of the molecule is CCN(c1cccc(C)c1)c1cc(C(=O)Nc2c(F)cccc2F)nc(C)n1. The van der Waals surface area contributed by atoms with Gasteiger partial charge in [-0.1, -0.05) is 18.2 Å². The molecule has 1 aromatic heterocycles. The lowest BCUT2D eigenvalue weighted by atomic mass is 10.2. The number of nitrogens with one attached hydrogen (secondary N) is 1. The summed E-state index contributed by atoms with van der Waals surface area (Å²) in [5.74, 6) is -1.51. The van der Waals surface area contributed by atoms with E-state index in [2.05, 4.69) is 15.3 Å². The second kappa shape index (κ2) is 8.12. The topological polar surface area (TPSA) is 58.1 Å². The molecule has 0 radical (unpaired) electrons. The number of aryl methyl sites for hydroxylation is 2. The number of hydrogen-bond donors (Lipinski definition) is 1. The van der Waals surface area contributed by atoms with Crippen LogP contribution in [0.2, 0.25) is 0 Å². The van der Waals surface area contributed by atoms with Crippen LogP contribution in [0.1, 0.15) is 28.8 Å². The van der Waals surface area contributed by atoms with Crippen LogP contribution in [0.5, 0.6) is 0 Å². The fraction of sp³-hybridized carbons (Fsp3) is 0.190. The van der Waals surface area contributed by atoms with Crippen molar-refractivity contribution in [3.05, 3.63) is 77.2 Å². The number of hydrogen-bond acceptors (Lipinski definition) is 4. The predicted octanol–water partition coefficient (Wildman–Crippen LogP) is 4.78. The molecule has 5 nitrogen and oxygen atoms in total. The first-order chi connectivity index (χ1) is 13.4. The summed E-state index contributed by atoms with van der Waals surface area (Å²) in [5.41, 5.74) is 1.54. The lowest BCUT2D eigenvalue weighted by Crippen LogP contribution is -2.21. The molecular formula is C21H20F2N4O. The summed E-state index contributed by atoms with van der Waals surface area (Å²) in [6.07, 6.45) is 0. The van der Waals surface area contributed by atoms with E-state index >= 15 is 0 Å². The highest BCUT2D eigenvalue weighted by Crippen LogP contribution is 2.25. The highest BCUT2D eigenvalue weighted by atomic mass is 19.1. The van der Waals surface area contributed by atoms with Crippen LogP contribution >= 0.6 is 0 Å². The van der Waals surface area contributed by atoms with Crippen LogP contribution in [0, 0.1) is 25.5 Å². The molecule has 1 N–H and O–H groups in total. The van der Waals surface area contributed by atoms with Crippen LogP contribution in [0.4, 0.5) is 26.0 Å². The molecule has 0 saturated heterocycles. The lowest BCUT2D eigenvalue weighted by Gasteiger charge is -2.23. The largest absolute Gasteiger partial charge is 0.327 e. The summed E-state index contributed by atoms with van der Waals surface area (Å²) < 4.78 is 27.7. The van der Waals surface area contributed by atoms with Crippen molar-refractivity contribution in [2.24, 2.45) is 0 Å². The van der Waals surface area contributed by atoms with Gasteiger partial charge in [0.05, 0.1) is 0 Å². The molecule has 3 aromatic rings. The molecule has 2 aromatic carbocycles. The monoisotopic (exact) mass is 382 g/mol. The Morgan fingerprint density at radius 2 is 1.71 bits per heavy atom. The minimum Gasteiger partial charge on any atom is -0.327 e. The van der Waals surface area contributed by atoms with Gasteiger partial charge in [0, 0.05) is 18.3 Å². The summed E-state index contributed by atoms with van der Waals surface area (Å²) in [6.45, 7) is 6.23. The molecule has 0 unspecified atom stereocenters. The number of rotatable bonds is 5. The highest BCUT2D eigenvalue weighted by molar-refractivity contribution is 6.03. The maximum absolute atomic E-state index is 13.8. The van der Waals surface area contributed by atoms with Crippen molar-refractivity contribution < 1.29 is 13.6 Å². The van der Waals surface area contributed by atoms with Gasteiger partial charge in [0.25, 0.3) is 5.91 Å². The van der Waals surface area contributed by atoms with E-state index in [1.165, 1.54) is 12.1 Å². The van der Waals surface area contributed by atoms with Crippen molar-refractivity contribution in [1.29, 1.82) is 0 Å². The fourth-order valence-electron chi connectivity index (χ4n) is 2.87. The van der Waals surface area contributed by atoms with Gasteiger partial charge in [-0.05, 0) is 50.6 Å². The Bertz CT molecular complexity index is 1000. The number of carbonyl (C=O) groups excluding carboxylic acids is 1. The first-order valence-electron chi connectivity index (χ1n) is 8.84. The second-order valence-electron chi connectivity index (χ2n) is 6.29. The average Bonchev–Trinajstić information content (AvgIpc) is 2.65. The minimum atomic E-state index is -0.853. The van der Waals surface area contributed by atoms with E-state index in [1.807, 2.05) is 43.0 Å². The van der Waals surface area contributed by atoms with E-state index in [-0.39, 0.29) is 5.69 Å². The number of nitrogens with zero attached hydrogens (tertiary/aromatic N) is 3. The molecule has 0 atom stereocenters. The van der Waals surface area contributed by atoms with Crippen molar-refractivity contribution in [2.75, 3.05) is 16.8 Å². The van der Waals surface area contributed by atoms with Crippen LogP contribution in [0.15, 0.2) is 48.5 Å². The van der Waals surface area contributed by atoms with Crippen LogP contribution < -0.4 is 10.2 Å². The maximum Gasteiger partial charge on any atom is 0.274 e. The predicted molar refractivity (Wildman–Crippen MR) is 105 cm³/mol. The standard InChI is InChI=1S/C21H20F2N4O/c1-4-27(15-8-5-7-13(2)11-15)19-12-18(24-14(3)25-19)21(28)26-20-16(22)9-6-10-17(20)23/h5-12H,4H2,1-3H3,(H,26,28). The average molecular weight is 382 g/mol. The molecule has 0 aliphatic carbocycles. The third-order valence-corrected chi connectivity index (χ3v) is 4.16. The van der Waals surface area contributed by atoms with Gasteiger partial charge < -0.3 is 10.2 Å². The zero-order chi connectivity index (χ0) is 20.3. The number of para-hydroxylation sites is 1. The highest BCUT2D eigenvalue weighted by Gasteiger charge is 2.18. The van der Waals surface area contributed by atoms with E-state index in [9.17, 15) is 13.6 Å². The Balaban J connectivity index is 1.95. The van der Waals surface area contributed by atoms with E-state index < -0.39 is 23.2 Å². The Morgan fingerprint density at radius 1 is 1.04 bits per heavy atom. The van der Waals surface area contributed by atoms with Crippen LogP contribution in [-0.2, 0) is 0 Å². The summed E-state index contributed by atoms with van der Waals surface area (Å²) in [5, 5.41) is 2.26. The summed E-state index contributed by atoms with van der Waals surface area (Å²) in [7, 11) is 0. The molecular weight excluding hydrogens is 362 g/mol. The van der Waals surface area contributed by atoms with Gasteiger partial charge in [-0.15, -0.1) is 0 Å². The first kappa shape index (κ1) is 19.4. The van der Waals surface area contributed by atoms with E-state index in [4.69, 9.17) is 0 Å². The third kappa shape index (κ3) is 4.14. The van der Waals surface area contributed by atoms with Gasteiger partial charge in [0.2, 0.25) is 0 Å². The number of amides is 1. The van der Waals surface area contributed by atoms with Crippen molar-refractivity contribution in [1.82, 2.24) is 9.97 Å². The molecule has 0 spiro atoms. The van der Waals surface area contributed by atoms with Crippen LogP contribution in [0.3, 0.4) is 0 Å². The molecule has 3 rings (SSSR count). The summed E-state index contributed by atoms with van der Waals surface area (Å²) in [6, 6.07) is 12.8. The Morgan fingerprint density at radius 3 is 2.36 bits per heavy atom. The smallest absolute Gasteiger partial charge is 0.274 e. The molecule has 7 heteroatoms. The van der Waals surface area contributed by atoms with Gasteiger partial charge in [0.15, 0.2) is 0 Å². The second-order valence-corrected chi connectivity index (χ2v) is 6.29.